The van der Waals surface area contributed by atoms with E-state index in [2.05, 4.69) is 38.1 Å². The van der Waals surface area contributed by atoms with E-state index >= 15 is 0 Å². The topological polar surface area (TPSA) is 149 Å². The molecule has 0 spiro atoms. The lowest BCUT2D eigenvalue weighted by Gasteiger charge is -2.36. The Hall–Kier alpha value is -4.71. The summed E-state index contributed by atoms with van der Waals surface area (Å²) in [6.45, 7) is 3.26. The van der Waals surface area contributed by atoms with E-state index in [-0.39, 0.29) is 30.1 Å². The molecule has 2 fully saturated rings. The van der Waals surface area contributed by atoms with Gasteiger partial charge in [0.25, 0.3) is 5.91 Å². The highest BCUT2D eigenvalue weighted by atomic mass is 16.4. The minimum absolute atomic E-state index is 0.0271. The van der Waals surface area contributed by atoms with Crippen LogP contribution in [0.15, 0.2) is 66.9 Å². The highest BCUT2D eigenvalue weighted by molar-refractivity contribution is 6.00. The molecule has 0 radical (unpaired) electrons. The van der Waals surface area contributed by atoms with Crippen LogP contribution in [0.5, 0.6) is 0 Å². The van der Waals surface area contributed by atoms with Gasteiger partial charge >= 0.3 is 6.09 Å². The number of anilines is 1. The van der Waals surface area contributed by atoms with E-state index in [1.165, 1.54) is 10.2 Å². The van der Waals surface area contributed by atoms with Crippen LogP contribution >= 0.6 is 0 Å². The Bertz CT molecular complexity index is 1480. The first-order chi connectivity index (χ1) is 22.3. The summed E-state index contributed by atoms with van der Waals surface area (Å²) in [5, 5.41) is 21.8. The van der Waals surface area contributed by atoms with Crippen LogP contribution in [0.25, 0.3) is 0 Å². The van der Waals surface area contributed by atoms with Gasteiger partial charge in [-0.05, 0) is 48.1 Å². The Balaban J connectivity index is 1.19. The lowest BCUT2D eigenvalue weighted by molar-refractivity contribution is -0.135. The van der Waals surface area contributed by atoms with Gasteiger partial charge in [-0.1, -0.05) is 61.7 Å². The fourth-order valence-electron chi connectivity index (χ4n) is 6.39. The van der Waals surface area contributed by atoms with Crippen LogP contribution in [0.3, 0.4) is 0 Å². The lowest BCUT2D eigenvalue weighted by Crippen LogP contribution is -2.55. The summed E-state index contributed by atoms with van der Waals surface area (Å²) >= 11 is 0. The number of aromatic nitrogens is 2. The summed E-state index contributed by atoms with van der Waals surface area (Å²) in [5.74, 6) is -0.861. The number of nitrogens with zero attached hydrogens (tertiary/aromatic N) is 4. The molecule has 12 heteroatoms. The quantitative estimate of drug-likeness (QED) is 0.254. The van der Waals surface area contributed by atoms with Gasteiger partial charge in [-0.15, -0.1) is 0 Å². The van der Waals surface area contributed by atoms with Crippen molar-refractivity contribution in [1.29, 1.82) is 0 Å². The Morgan fingerprint density at radius 2 is 1.57 bits per heavy atom. The average Bonchev–Trinajstić information content (AvgIpc) is 3.50. The minimum atomic E-state index is -1.26. The summed E-state index contributed by atoms with van der Waals surface area (Å²) in [4.78, 5) is 55.5. The molecule has 4 amide bonds. The SMILES string of the molecule is Cn1nccc1C(=O)NC(C(=O)Nc1ccc(CC(NC(=O)O)C(=O)N2CCN(Cc3ccccc3)CC2)cc1)C1CCCCC1. The normalized spacial score (nSPS) is 17.1. The van der Waals surface area contributed by atoms with E-state index in [4.69, 9.17) is 0 Å². The number of aryl methyl sites for hydroxylation is 1. The van der Waals surface area contributed by atoms with Gasteiger partial charge < -0.3 is 26.0 Å². The summed E-state index contributed by atoms with van der Waals surface area (Å²) in [6.07, 6.45) is 5.32. The molecule has 2 aromatic carbocycles. The first-order valence-corrected chi connectivity index (χ1v) is 16.0. The van der Waals surface area contributed by atoms with Gasteiger partial charge in [-0.3, -0.25) is 24.0 Å². The highest BCUT2D eigenvalue weighted by Gasteiger charge is 2.32. The largest absolute Gasteiger partial charge is 0.465 e. The molecule has 5 rings (SSSR count). The number of hydrogen-bond acceptors (Lipinski definition) is 6. The Morgan fingerprint density at radius 1 is 0.870 bits per heavy atom. The van der Waals surface area contributed by atoms with Crippen LogP contribution in [0.1, 0.15) is 53.7 Å². The molecule has 2 unspecified atom stereocenters. The third-order valence-corrected chi connectivity index (χ3v) is 8.93. The molecule has 4 N–H and O–H groups in total. The number of carbonyl (C=O) groups is 4. The fraction of sp³-hybridized carbons (Fsp3) is 0.441. The predicted molar refractivity (Wildman–Crippen MR) is 173 cm³/mol. The zero-order chi connectivity index (χ0) is 32.5. The van der Waals surface area contributed by atoms with E-state index in [1.807, 2.05) is 18.2 Å². The highest BCUT2D eigenvalue weighted by Crippen LogP contribution is 2.27. The maximum Gasteiger partial charge on any atom is 0.405 e. The average molecular weight is 630 g/mol. The van der Waals surface area contributed by atoms with E-state index in [1.54, 1.807) is 48.5 Å². The first kappa shape index (κ1) is 32.7. The van der Waals surface area contributed by atoms with E-state index in [0.29, 0.717) is 37.6 Å². The van der Waals surface area contributed by atoms with Crippen molar-refractivity contribution in [2.45, 2.75) is 57.2 Å². The van der Waals surface area contributed by atoms with E-state index in [9.17, 15) is 24.3 Å². The van der Waals surface area contributed by atoms with Crippen LogP contribution < -0.4 is 16.0 Å². The lowest BCUT2D eigenvalue weighted by atomic mass is 9.83. The van der Waals surface area contributed by atoms with Crippen molar-refractivity contribution in [2.75, 3.05) is 31.5 Å². The third kappa shape index (κ3) is 8.72. The van der Waals surface area contributed by atoms with Crippen LogP contribution in [0, 0.1) is 5.92 Å². The number of piperazine rings is 1. The molecule has 12 nitrogen and oxygen atoms in total. The first-order valence-electron chi connectivity index (χ1n) is 16.0. The summed E-state index contributed by atoms with van der Waals surface area (Å²) in [5.41, 5.74) is 2.89. The number of carboxylic acid groups (broad SMARTS) is 1. The zero-order valence-corrected chi connectivity index (χ0v) is 26.2. The molecule has 3 aromatic rings. The number of hydrogen-bond donors (Lipinski definition) is 4. The smallest absolute Gasteiger partial charge is 0.405 e. The number of benzene rings is 2. The molecule has 1 aliphatic carbocycles. The van der Waals surface area contributed by atoms with Gasteiger partial charge in [0.15, 0.2) is 0 Å². The molecule has 2 aliphatic rings. The monoisotopic (exact) mass is 629 g/mol. The summed E-state index contributed by atoms with van der Waals surface area (Å²) in [7, 11) is 1.68. The Labute approximate surface area is 269 Å². The van der Waals surface area contributed by atoms with Gasteiger partial charge in [0.1, 0.15) is 17.8 Å². The molecule has 1 aliphatic heterocycles. The van der Waals surface area contributed by atoms with Crippen molar-refractivity contribution in [1.82, 2.24) is 30.2 Å². The second-order valence-electron chi connectivity index (χ2n) is 12.2. The van der Waals surface area contributed by atoms with E-state index < -0.39 is 18.2 Å². The molecule has 0 bridgehead atoms. The van der Waals surface area contributed by atoms with Crippen LogP contribution in [-0.4, -0.2) is 86.8 Å². The minimum Gasteiger partial charge on any atom is -0.465 e. The third-order valence-electron chi connectivity index (χ3n) is 8.93. The zero-order valence-electron chi connectivity index (χ0n) is 26.2. The van der Waals surface area contributed by atoms with Gasteiger partial charge in [0.05, 0.1) is 0 Å². The standard InChI is InChI=1S/C34H43N7O5/c1-39-29(16-17-35-39)31(42)38-30(26-10-6-3-7-11-26)32(43)36-27-14-12-24(13-15-27)22-28(37-34(45)46)33(44)41-20-18-40(19-21-41)23-25-8-4-2-5-9-25/h2,4-5,8-9,12-17,26,28,30,37H,3,6-7,10-11,18-23H2,1H3,(H,36,43)(H,38,42)(H,45,46). The molecular weight excluding hydrogens is 586 g/mol. The molecule has 46 heavy (non-hydrogen) atoms. The maximum absolute atomic E-state index is 13.5. The molecular formula is C34H43N7O5. The van der Waals surface area contributed by atoms with Gasteiger partial charge in [0.2, 0.25) is 11.8 Å². The molecule has 1 saturated heterocycles. The summed E-state index contributed by atoms with van der Waals surface area (Å²) in [6, 6.07) is 17.2. The van der Waals surface area contributed by atoms with Crippen LogP contribution in [-0.2, 0) is 29.6 Å². The molecule has 244 valence electrons. The number of rotatable bonds is 11. The Morgan fingerprint density at radius 3 is 2.20 bits per heavy atom. The van der Waals surface area contributed by atoms with Crippen LogP contribution in [0.2, 0.25) is 0 Å². The van der Waals surface area contributed by atoms with Crippen molar-refractivity contribution < 1.29 is 24.3 Å². The maximum atomic E-state index is 13.5. The molecule has 2 atom stereocenters. The Kier molecular flexibility index (Phi) is 11.0. The van der Waals surface area contributed by atoms with Crippen molar-refractivity contribution in [3.63, 3.8) is 0 Å². The van der Waals surface area contributed by atoms with Gasteiger partial charge in [-0.2, -0.15) is 5.10 Å². The molecule has 1 saturated carbocycles. The van der Waals surface area contributed by atoms with Crippen molar-refractivity contribution >= 4 is 29.5 Å². The van der Waals surface area contributed by atoms with Crippen LogP contribution in [0.4, 0.5) is 10.5 Å². The second-order valence-corrected chi connectivity index (χ2v) is 12.2. The second kappa shape index (κ2) is 15.5. The van der Waals surface area contributed by atoms with Crippen molar-refractivity contribution in [2.24, 2.45) is 13.0 Å². The number of amides is 4. The predicted octanol–water partition coefficient (Wildman–Crippen LogP) is 3.26. The number of nitrogens with one attached hydrogen (secondary N) is 3. The summed E-state index contributed by atoms with van der Waals surface area (Å²) < 4.78 is 1.48. The van der Waals surface area contributed by atoms with E-state index in [0.717, 1.165) is 44.2 Å². The van der Waals surface area contributed by atoms with Gasteiger partial charge in [0, 0.05) is 58.1 Å². The van der Waals surface area contributed by atoms with Crippen molar-refractivity contribution in [3.8, 4) is 0 Å². The number of carbonyl (C=O) groups excluding carboxylic acids is 3. The van der Waals surface area contributed by atoms with Crippen molar-refractivity contribution in [3.05, 3.63) is 83.7 Å². The fourth-order valence-corrected chi connectivity index (χ4v) is 6.39. The molecule has 2 heterocycles. The van der Waals surface area contributed by atoms with Gasteiger partial charge in [-0.25, -0.2) is 4.79 Å². The molecule has 1 aromatic heterocycles.